The van der Waals surface area contributed by atoms with E-state index in [-0.39, 0.29) is 5.91 Å². The summed E-state index contributed by atoms with van der Waals surface area (Å²) in [6.07, 6.45) is 0.364. The average molecular weight is 337 g/mol. The van der Waals surface area contributed by atoms with E-state index in [0.717, 1.165) is 10.6 Å². The quantitative estimate of drug-likeness (QED) is 0.388. The van der Waals surface area contributed by atoms with Crippen LogP contribution in [0.3, 0.4) is 0 Å². The molecule has 2 N–H and O–H groups in total. The molecule has 0 unspecified atom stereocenters. The molecule has 0 saturated carbocycles. The number of para-hydroxylation sites is 1. The summed E-state index contributed by atoms with van der Waals surface area (Å²) in [5, 5.41) is 1.95. The van der Waals surface area contributed by atoms with Crippen molar-refractivity contribution in [1.82, 2.24) is 10.9 Å². The van der Waals surface area contributed by atoms with Crippen LogP contribution in [-0.4, -0.2) is 26.7 Å². The summed E-state index contributed by atoms with van der Waals surface area (Å²) >= 11 is 4.33. The van der Waals surface area contributed by atoms with Gasteiger partial charge in [-0.2, -0.15) is 0 Å². The van der Waals surface area contributed by atoms with Crippen LogP contribution in [0.5, 0.6) is 0 Å². The van der Waals surface area contributed by atoms with Gasteiger partial charge < -0.3 is 0 Å². The Kier molecular flexibility index (Phi) is 5.15. The Bertz CT molecular complexity index is 555. The molecule has 1 heterocycles. The number of carbonyl (C=O) groups is 1. The van der Waals surface area contributed by atoms with Gasteiger partial charge in [0, 0.05) is 0 Å². The molecule has 2 rings (SSSR count). The number of amidine groups is 1. The third kappa shape index (κ3) is 4.87. The van der Waals surface area contributed by atoms with E-state index in [2.05, 4.69) is 31.9 Å². The molecule has 1 aromatic heterocycles. The van der Waals surface area contributed by atoms with Crippen LogP contribution in [0, 0.1) is 0 Å². The van der Waals surface area contributed by atoms with E-state index in [9.17, 15) is 4.79 Å². The van der Waals surface area contributed by atoms with Crippen LogP contribution in [0.2, 0.25) is 0 Å². The number of hydrazine groups is 1. The van der Waals surface area contributed by atoms with Gasteiger partial charge in [-0.25, -0.2) is 0 Å². The van der Waals surface area contributed by atoms with Gasteiger partial charge in [0.2, 0.25) is 0 Å². The van der Waals surface area contributed by atoms with Crippen molar-refractivity contribution in [1.29, 1.82) is 0 Å². The van der Waals surface area contributed by atoms with E-state index in [4.69, 9.17) is 0 Å². The third-order valence-electron chi connectivity index (χ3n) is 2.21. The molecule has 1 aromatic carbocycles. The number of nitrogens with zero attached hydrogens (tertiary/aromatic N) is 1. The van der Waals surface area contributed by atoms with Crippen LogP contribution in [0.25, 0.3) is 0 Å². The van der Waals surface area contributed by atoms with Crippen molar-refractivity contribution in [3.8, 4) is 0 Å². The zero-order chi connectivity index (χ0) is 13.5. The van der Waals surface area contributed by atoms with Crippen LogP contribution >= 0.6 is 11.3 Å². The molecule has 0 aliphatic rings. The van der Waals surface area contributed by atoms with Gasteiger partial charge in [-0.3, -0.25) is 0 Å². The standard InChI is InChI=1S/C13H12N3OSSe/c17-12(9-11-7-4-8-18-11)15-16-13(19)14-10-5-2-1-3-6-10/h1-8H,9H2,(H,14,16)(H,15,17). The molecule has 1 amide bonds. The van der Waals surface area contributed by atoms with E-state index >= 15 is 0 Å². The Hall–Kier alpha value is -1.62. The molecule has 2 aromatic rings. The van der Waals surface area contributed by atoms with Gasteiger partial charge in [0.15, 0.2) is 0 Å². The molecule has 1 radical (unpaired) electrons. The molecule has 6 heteroatoms. The summed E-state index contributed by atoms with van der Waals surface area (Å²) in [5.41, 5.74) is 6.16. The first-order chi connectivity index (χ1) is 9.24. The summed E-state index contributed by atoms with van der Waals surface area (Å²) in [4.78, 5) is 16.9. The molecule has 19 heavy (non-hydrogen) atoms. The fourth-order valence-electron chi connectivity index (χ4n) is 1.39. The maximum atomic E-state index is 11.6. The Morgan fingerprint density at radius 1 is 1.16 bits per heavy atom. The van der Waals surface area contributed by atoms with Gasteiger partial charge >= 0.3 is 123 Å². The molecule has 0 aliphatic carbocycles. The predicted molar refractivity (Wildman–Crippen MR) is 78.6 cm³/mol. The fraction of sp³-hybridized carbons (Fsp3) is 0.0769. The first kappa shape index (κ1) is 13.8. The summed E-state index contributed by atoms with van der Waals surface area (Å²) < 4.78 is 0.519. The van der Waals surface area contributed by atoms with E-state index in [1.165, 1.54) is 0 Å². The summed E-state index contributed by atoms with van der Waals surface area (Å²) in [5.74, 6) is -0.0986. The topological polar surface area (TPSA) is 53.5 Å². The van der Waals surface area contributed by atoms with Crippen LogP contribution in [0.4, 0.5) is 5.69 Å². The Labute approximate surface area is 123 Å². The van der Waals surface area contributed by atoms with Crippen molar-refractivity contribution >= 4 is 43.7 Å². The van der Waals surface area contributed by atoms with Crippen LogP contribution in [-0.2, 0) is 11.2 Å². The van der Waals surface area contributed by atoms with Gasteiger partial charge in [0.05, 0.1) is 0 Å². The molecule has 4 nitrogen and oxygen atoms in total. The Morgan fingerprint density at radius 2 is 1.95 bits per heavy atom. The molecular weight excluding hydrogens is 325 g/mol. The van der Waals surface area contributed by atoms with Gasteiger partial charge in [0.1, 0.15) is 0 Å². The third-order valence-corrected chi connectivity index (χ3v) is 3.49. The maximum absolute atomic E-state index is 11.6. The van der Waals surface area contributed by atoms with Crippen molar-refractivity contribution in [3.05, 3.63) is 52.7 Å². The normalized spacial score (nSPS) is 11.1. The van der Waals surface area contributed by atoms with Crippen molar-refractivity contribution in [2.75, 3.05) is 0 Å². The SMILES string of the molecule is O=C(Cc1cccs1)NNC([Se])=Nc1ccccc1. The van der Waals surface area contributed by atoms with Crippen molar-refractivity contribution < 1.29 is 4.79 Å². The molecule has 0 fully saturated rings. The van der Waals surface area contributed by atoms with E-state index in [1.807, 2.05) is 47.8 Å². The zero-order valence-corrected chi connectivity index (χ0v) is 12.5. The number of carbonyl (C=O) groups excluding carboxylic acids is 1. The molecule has 0 aliphatic heterocycles. The number of hydrogen-bond donors (Lipinski definition) is 2. The number of rotatable bonds is 3. The number of thiophene rings is 1. The number of benzene rings is 1. The number of amides is 1. The second-order valence-corrected chi connectivity index (χ2v) is 5.53. The summed E-state index contributed by atoms with van der Waals surface area (Å²) in [6, 6.07) is 13.4. The van der Waals surface area contributed by atoms with Gasteiger partial charge in [-0.1, -0.05) is 0 Å². The molecule has 0 spiro atoms. The van der Waals surface area contributed by atoms with Crippen LogP contribution < -0.4 is 10.9 Å². The average Bonchev–Trinajstić information content (AvgIpc) is 2.90. The van der Waals surface area contributed by atoms with Crippen molar-refractivity contribution in [3.63, 3.8) is 0 Å². The van der Waals surface area contributed by atoms with Gasteiger partial charge in [-0.15, -0.1) is 0 Å². The molecule has 0 bridgehead atoms. The number of nitrogens with one attached hydrogen (secondary N) is 2. The van der Waals surface area contributed by atoms with E-state index < -0.39 is 0 Å². The van der Waals surface area contributed by atoms with Crippen molar-refractivity contribution in [2.45, 2.75) is 6.42 Å². The van der Waals surface area contributed by atoms with Crippen LogP contribution in [0.15, 0.2) is 52.8 Å². The van der Waals surface area contributed by atoms with Crippen LogP contribution in [0.1, 0.15) is 4.88 Å². The van der Waals surface area contributed by atoms with E-state index in [1.54, 1.807) is 11.3 Å². The molecule has 0 atom stereocenters. The number of hydrogen-bond acceptors (Lipinski definition) is 3. The second kappa shape index (κ2) is 7.09. The first-order valence-corrected chi connectivity index (χ1v) is 7.35. The van der Waals surface area contributed by atoms with E-state index in [0.29, 0.717) is 11.2 Å². The fourth-order valence-corrected chi connectivity index (χ4v) is 2.42. The Balaban J connectivity index is 1.82. The van der Waals surface area contributed by atoms with Gasteiger partial charge in [-0.05, 0) is 0 Å². The molecule has 97 valence electrons. The number of aliphatic imine (C=N–C) groups is 1. The summed E-state index contributed by atoms with van der Waals surface area (Å²) in [7, 11) is 0. The predicted octanol–water partition coefficient (Wildman–Crippen LogP) is 1.77. The minimum absolute atomic E-state index is 0.0986. The first-order valence-electron chi connectivity index (χ1n) is 5.62. The monoisotopic (exact) mass is 338 g/mol. The summed E-state index contributed by atoms with van der Waals surface area (Å²) in [6.45, 7) is 0. The molecule has 0 saturated heterocycles. The molecular formula is C13H12N3OSSe. The zero-order valence-electron chi connectivity index (χ0n) is 10.00. The van der Waals surface area contributed by atoms with Crippen molar-refractivity contribution in [2.24, 2.45) is 4.99 Å². The Morgan fingerprint density at radius 3 is 2.63 bits per heavy atom. The van der Waals surface area contributed by atoms with Gasteiger partial charge in [0.25, 0.3) is 0 Å². The second-order valence-electron chi connectivity index (χ2n) is 3.68. The minimum atomic E-state index is -0.0986.